The molecular weight excluding hydrogens is 368 g/mol. The molecule has 0 saturated carbocycles. The molecule has 3 rings (SSSR count). The second kappa shape index (κ2) is 9.54. The Morgan fingerprint density at radius 1 is 1.24 bits per heavy atom. The quantitative estimate of drug-likeness (QED) is 0.595. The molecule has 0 saturated heterocycles. The van der Waals surface area contributed by atoms with Gasteiger partial charge >= 0.3 is 0 Å². The fourth-order valence-electron chi connectivity index (χ4n) is 2.63. The van der Waals surface area contributed by atoms with E-state index in [2.05, 4.69) is 15.3 Å². The van der Waals surface area contributed by atoms with Gasteiger partial charge in [-0.2, -0.15) is 0 Å². The second-order valence-electron chi connectivity index (χ2n) is 6.62. The van der Waals surface area contributed by atoms with Crippen molar-refractivity contribution in [3.63, 3.8) is 0 Å². The molecule has 0 spiro atoms. The number of ether oxygens (including phenoxy) is 2. The maximum atomic E-state index is 12.1. The number of rotatable bonds is 8. The molecule has 1 amide bonds. The number of nitrogens with one attached hydrogen (secondary N) is 1. The average Bonchev–Trinajstić information content (AvgIpc) is 3.26. The van der Waals surface area contributed by atoms with Gasteiger partial charge in [-0.3, -0.25) is 9.36 Å². The summed E-state index contributed by atoms with van der Waals surface area (Å²) in [5.41, 5.74) is 1.76. The van der Waals surface area contributed by atoms with Gasteiger partial charge in [0.1, 0.15) is 12.1 Å². The predicted molar refractivity (Wildman–Crippen MR) is 111 cm³/mol. The lowest BCUT2D eigenvalue weighted by molar-refractivity contribution is -0.116. The van der Waals surface area contributed by atoms with Crippen LogP contribution in [0.3, 0.4) is 0 Å². The molecule has 0 atom stereocenters. The third kappa shape index (κ3) is 5.68. The predicted octanol–water partition coefficient (Wildman–Crippen LogP) is 3.39. The minimum absolute atomic E-state index is 0.0552. The molecule has 1 N–H and O–H groups in total. The van der Waals surface area contributed by atoms with E-state index in [0.29, 0.717) is 18.0 Å². The highest BCUT2D eigenvalue weighted by atomic mass is 16.5. The maximum Gasteiger partial charge on any atom is 0.244 e. The summed E-state index contributed by atoms with van der Waals surface area (Å²) in [6, 6.07) is 9.35. The smallest absolute Gasteiger partial charge is 0.244 e. The Morgan fingerprint density at radius 2 is 2.10 bits per heavy atom. The van der Waals surface area contributed by atoms with Crippen molar-refractivity contribution >= 4 is 12.0 Å². The number of pyridine rings is 1. The van der Waals surface area contributed by atoms with E-state index in [0.717, 1.165) is 16.9 Å². The molecule has 1 aromatic carbocycles. The first-order valence-corrected chi connectivity index (χ1v) is 9.29. The highest BCUT2D eigenvalue weighted by molar-refractivity contribution is 5.91. The minimum atomic E-state index is -0.190. The molecule has 2 aromatic heterocycles. The number of benzene rings is 1. The van der Waals surface area contributed by atoms with E-state index in [1.807, 2.05) is 54.9 Å². The first-order valence-electron chi connectivity index (χ1n) is 9.29. The monoisotopic (exact) mass is 392 g/mol. The van der Waals surface area contributed by atoms with Crippen molar-refractivity contribution in [1.82, 2.24) is 19.9 Å². The standard InChI is InChI=1S/C22H24N4O3/c1-16(2)29-19-7-4-17(12-20(19)28-3)6-9-22(27)25-14-18-5-8-21(24-13-18)26-11-10-23-15-26/h4-13,15-16H,14H2,1-3H3,(H,25,27)/b9-6+. The number of aromatic nitrogens is 3. The normalized spacial score (nSPS) is 11.0. The van der Waals surface area contributed by atoms with E-state index in [1.165, 1.54) is 6.08 Å². The third-order valence-electron chi connectivity index (χ3n) is 4.02. The van der Waals surface area contributed by atoms with Gasteiger partial charge in [0, 0.05) is 31.2 Å². The summed E-state index contributed by atoms with van der Waals surface area (Å²) in [6.45, 7) is 4.31. The molecule has 0 aliphatic rings. The van der Waals surface area contributed by atoms with E-state index >= 15 is 0 Å². The van der Waals surface area contributed by atoms with Crippen molar-refractivity contribution < 1.29 is 14.3 Å². The average molecular weight is 392 g/mol. The molecule has 0 aliphatic carbocycles. The Kier molecular flexibility index (Phi) is 6.63. The zero-order chi connectivity index (χ0) is 20.6. The Bertz CT molecular complexity index is 964. The number of hydrogen-bond donors (Lipinski definition) is 1. The van der Waals surface area contributed by atoms with Crippen molar-refractivity contribution in [2.45, 2.75) is 26.5 Å². The summed E-state index contributed by atoms with van der Waals surface area (Å²) < 4.78 is 12.9. The molecule has 7 nitrogen and oxygen atoms in total. The van der Waals surface area contributed by atoms with Gasteiger partial charge in [-0.15, -0.1) is 0 Å². The van der Waals surface area contributed by atoms with Crippen LogP contribution in [0.1, 0.15) is 25.0 Å². The van der Waals surface area contributed by atoms with Crippen LogP contribution in [0.2, 0.25) is 0 Å². The number of imidazole rings is 1. The van der Waals surface area contributed by atoms with E-state index in [9.17, 15) is 4.79 Å². The van der Waals surface area contributed by atoms with Gasteiger partial charge in [0.25, 0.3) is 0 Å². The molecular formula is C22H24N4O3. The van der Waals surface area contributed by atoms with Crippen molar-refractivity contribution in [2.75, 3.05) is 7.11 Å². The Morgan fingerprint density at radius 3 is 2.76 bits per heavy atom. The number of nitrogens with zero attached hydrogens (tertiary/aromatic N) is 3. The number of methoxy groups -OCH3 is 1. The van der Waals surface area contributed by atoms with E-state index < -0.39 is 0 Å². The SMILES string of the molecule is COc1cc(/C=C/C(=O)NCc2ccc(-n3ccnc3)nc2)ccc1OC(C)C. The molecule has 0 unspecified atom stereocenters. The zero-order valence-electron chi connectivity index (χ0n) is 16.7. The summed E-state index contributed by atoms with van der Waals surface area (Å²) in [4.78, 5) is 20.5. The lowest BCUT2D eigenvalue weighted by Crippen LogP contribution is -2.20. The summed E-state index contributed by atoms with van der Waals surface area (Å²) in [7, 11) is 1.59. The minimum Gasteiger partial charge on any atom is -0.493 e. The maximum absolute atomic E-state index is 12.1. The van der Waals surface area contributed by atoms with Crippen LogP contribution in [0.25, 0.3) is 11.9 Å². The summed E-state index contributed by atoms with van der Waals surface area (Å²) in [5.74, 6) is 1.89. The van der Waals surface area contributed by atoms with Crippen LogP contribution in [0, 0.1) is 0 Å². The Balaban J connectivity index is 1.55. The highest BCUT2D eigenvalue weighted by Crippen LogP contribution is 2.29. The molecule has 2 heterocycles. The van der Waals surface area contributed by atoms with Crippen LogP contribution >= 0.6 is 0 Å². The first-order chi connectivity index (χ1) is 14.0. The van der Waals surface area contributed by atoms with Crippen molar-refractivity contribution in [1.29, 1.82) is 0 Å². The molecule has 0 aliphatic heterocycles. The van der Waals surface area contributed by atoms with Crippen LogP contribution in [0.5, 0.6) is 11.5 Å². The van der Waals surface area contributed by atoms with Gasteiger partial charge in [0.2, 0.25) is 5.91 Å². The molecule has 7 heteroatoms. The van der Waals surface area contributed by atoms with Gasteiger partial charge in [0.05, 0.1) is 13.2 Å². The Labute approximate surface area is 170 Å². The lowest BCUT2D eigenvalue weighted by atomic mass is 10.2. The summed E-state index contributed by atoms with van der Waals surface area (Å²) in [6.07, 6.45) is 10.2. The fourth-order valence-corrected chi connectivity index (χ4v) is 2.63. The largest absolute Gasteiger partial charge is 0.493 e. The second-order valence-corrected chi connectivity index (χ2v) is 6.62. The molecule has 150 valence electrons. The van der Waals surface area contributed by atoms with Crippen LogP contribution in [-0.4, -0.2) is 33.7 Å². The number of carbonyl (C=O) groups is 1. The summed E-state index contributed by atoms with van der Waals surface area (Å²) in [5, 5.41) is 2.85. The van der Waals surface area contributed by atoms with Crippen LogP contribution in [-0.2, 0) is 11.3 Å². The zero-order valence-corrected chi connectivity index (χ0v) is 16.7. The molecule has 0 fully saturated rings. The van der Waals surface area contributed by atoms with Gasteiger partial charge in [-0.05, 0) is 49.2 Å². The van der Waals surface area contributed by atoms with Gasteiger partial charge in [0.15, 0.2) is 11.5 Å². The van der Waals surface area contributed by atoms with E-state index in [1.54, 1.807) is 31.9 Å². The van der Waals surface area contributed by atoms with Crippen molar-refractivity contribution in [3.05, 3.63) is 72.5 Å². The number of amides is 1. The highest BCUT2D eigenvalue weighted by Gasteiger charge is 2.07. The van der Waals surface area contributed by atoms with E-state index in [-0.39, 0.29) is 12.0 Å². The van der Waals surface area contributed by atoms with Gasteiger partial charge < -0.3 is 14.8 Å². The number of carbonyl (C=O) groups excluding carboxylic acids is 1. The lowest BCUT2D eigenvalue weighted by Gasteiger charge is -2.13. The van der Waals surface area contributed by atoms with Crippen LogP contribution in [0.15, 0.2) is 61.3 Å². The Hall–Kier alpha value is -3.61. The van der Waals surface area contributed by atoms with Crippen molar-refractivity contribution in [3.8, 4) is 17.3 Å². The third-order valence-corrected chi connectivity index (χ3v) is 4.02. The van der Waals surface area contributed by atoms with Gasteiger partial charge in [-0.1, -0.05) is 12.1 Å². The van der Waals surface area contributed by atoms with Crippen LogP contribution < -0.4 is 14.8 Å². The molecule has 29 heavy (non-hydrogen) atoms. The number of hydrogen-bond acceptors (Lipinski definition) is 5. The molecule has 0 bridgehead atoms. The van der Waals surface area contributed by atoms with Gasteiger partial charge in [-0.25, -0.2) is 9.97 Å². The van der Waals surface area contributed by atoms with Crippen molar-refractivity contribution in [2.24, 2.45) is 0 Å². The summed E-state index contributed by atoms with van der Waals surface area (Å²) >= 11 is 0. The van der Waals surface area contributed by atoms with E-state index in [4.69, 9.17) is 9.47 Å². The molecule has 3 aromatic rings. The molecule has 0 radical (unpaired) electrons. The first kappa shape index (κ1) is 20.1. The topological polar surface area (TPSA) is 78.3 Å². The van der Waals surface area contributed by atoms with Crippen LogP contribution in [0.4, 0.5) is 0 Å². The fraction of sp³-hybridized carbons (Fsp3) is 0.227.